The van der Waals surface area contributed by atoms with Crippen molar-refractivity contribution in [3.05, 3.63) is 88.2 Å². The molecule has 0 aliphatic heterocycles. The van der Waals surface area contributed by atoms with E-state index in [0.717, 1.165) is 16.7 Å². The minimum Gasteiger partial charge on any atom is -0.505 e. The maximum atomic E-state index is 13.1. The average molecular weight is 503 g/mol. The second-order valence-electron chi connectivity index (χ2n) is 6.67. The molecule has 2 aromatic carbocycles. The molecule has 1 N–H and O–H groups in total. The molecule has 0 bridgehead atoms. The number of halogens is 1. The SMILES string of the molecule is CC.Cc1ccccc1-c1c(O)c(C(C)C)nn(Cc2ccc(Cl)cc2)c1=O.[CH3-].[Y]. The number of aromatic hydroxyl groups is 1. The standard InChI is InChI=1S/C21H21ClN2O2.C2H6.CH3.Y/c1-13(2)19-20(25)18(17-7-5-4-6-14(17)3)21(26)24(23-19)12-15-8-10-16(22)11-9-15;1-2;;/h4-11,13,25H,12H2,1-3H3;1-2H3;1H3;/q;;-1;. The van der Waals surface area contributed by atoms with Gasteiger partial charge in [-0.3, -0.25) is 4.79 Å². The first-order valence-electron chi connectivity index (χ1n) is 9.53. The Morgan fingerprint density at radius 1 is 1.07 bits per heavy atom. The molecule has 1 aromatic heterocycles. The topological polar surface area (TPSA) is 55.1 Å². The Morgan fingerprint density at radius 2 is 1.63 bits per heavy atom. The van der Waals surface area contributed by atoms with Gasteiger partial charge in [-0.1, -0.05) is 75.7 Å². The average Bonchev–Trinajstić information content (AvgIpc) is 2.68. The minimum absolute atomic E-state index is 0. The van der Waals surface area contributed by atoms with Crippen molar-refractivity contribution in [3.8, 4) is 16.9 Å². The zero-order valence-corrected chi connectivity index (χ0v) is 22.2. The van der Waals surface area contributed by atoms with E-state index in [-0.39, 0.29) is 57.4 Å². The summed E-state index contributed by atoms with van der Waals surface area (Å²) in [5.74, 6) is -0.0542. The summed E-state index contributed by atoms with van der Waals surface area (Å²) in [7, 11) is 0. The van der Waals surface area contributed by atoms with Crippen LogP contribution in [-0.2, 0) is 39.3 Å². The monoisotopic (exact) mass is 502 g/mol. The van der Waals surface area contributed by atoms with Crippen LogP contribution in [0.1, 0.15) is 50.4 Å². The van der Waals surface area contributed by atoms with E-state index in [4.69, 9.17) is 11.6 Å². The fraction of sp³-hybridized carbons (Fsp3) is 0.292. The summed E-state index contributed by atoms with van der Waals surface area (Å²) in [4.78, 5) is 13.1. The predicted octanol–water partition coefficient (Wildman–Crippen LogP) is 6.22. The minimum atomic E-state index is -0.309. The van der Waals surface area contributed by atoms with E-state index in [1.807, 2.05) is 71.0 Å². The molecular weight excluding hydrogens is 473 g/mol. The van der Waals surface area contributed by atoms with Crippen molar-refractivity contribution >= 4 is 11.6 Å². The zero-order chi connectivity index (χ0) is 20.8. The molecule has 0 saturated heterocycles. The molecule has 3 aromatic rings. The molecule has 3 rings (SSSR count). The van der Waals surface area contributed by atoms with E-state index >= 15 is 0 Å². The Hall–Kier alpha value is -1.49. The van der Waals surface area contributed by atoms with Gasteiger partial charge in [-0.25, -0.2) is 4.68 Å². The van der Waals surface area contributed by atoms with E-state index in [1.165, 1.54) is 4.68 Å². The molecule has 1 heterocycles. The van der Waals surface area contributed by atoms with Crippen molar-refractivity contribution in [2.24, 2.45) is 0 Å². The molecule has 0 spiro atoms. The smallest absolute Gasteiger partial charge is 0.278 e. The summed E-state index contributed by atoms with van der Waals surface area (Å²) in [6, 6.07) is 14.8. The van der Waals surface area contributed by atoms with Crippen molar-refractivity contribution in [3.63, 3.8) is 0 Å². The molecule has 159 valence electrons. The number of benzene rings is 2. The molecule has 0 fully saturated rings. The van der Waals surface area contributed by atoms with Crippen LogP contribution in [-0.4, -0.2) is 14.9 Å². The molecule has 0 aliphatic carbocycles. The van der Waals surface area contributed by atoms with Crippen LogP contribution < -0.4 is 5.56 Å². The van der Waals surface area contributed by atoms with Crippen LogP contribution in [0.25, 0.3) is 11.1 Å². The van der Waals surface area contributed by atoms with Gasteiger partial charge in [0, 0.05) is 43.6 Å². The second-order valence-corrected chi connectivity index (χ2v) is 7.10. The molecular formula is C24H30ClN2O2Y-. The molecule has 0 amide bonds. The largest absolute Gasteiger partial charge is 0.505 e. The van der Waals surface area contributed by atoms with Gasteiger partial charge in [0.15, 0.2) is 5.75 Å². The van der Waals surface area contributed by atoms with Gasteiger partial charge < -0.3 is 12.5 Å². The van der Waals surface area contributed by atoms with Crippen molar-refractivity contribution in [2.75, 3.05) is 0 Å². The molecule has 4 nitrogen and oxygen atoms in total. The number of hydrogen-bond donors (Lipinski definition) is 1. The van der Waals surface area contributed by atoms with Crippen molar-refractivity contribution in [2.45, 2.75) is 47.1 Å². The first-order valence-corrected chi connectivity index (χ1v) is 9.90. The van der Waals surface area contributed by atoms with E-state index in [9.17, 15) is 9.90 Å². The molecule has 0 aliphatic rings. The molecule has 0 atom stereocenters. The van der Waals surface area contributed by atoms with E-state index in [1.54, 1.807) is 12.1 Å². The Bertz CT molecular complexity index is 999. The van der Waals surface area contributed by atoms with Crippen molar-refractivity contribution < 1.29 is 37.8 Å². The summed E-state index contributed by atoms with van der Waals surface area (Å²) in [6.45, 7) is 10.1. The van der Waals surface area contributed by atoms with Crippen LogP contribution in [0, 0.1) is 14.4 Å². The van der Waals surface area contributed by atoms with Gasteiger partial charge in [0.2, 0.25) is 0 Å². The van der Waals surface area contributed by atoms with Crippen LogP contribution in [0.2, 0.25) is 5.02 Å². The van der Waals surface area contributed by atoms with Gasteiger partial charge in [0.05, 0.1) is 12.1 Å². The number of hydrogen-bond acceptors (Lipinski definition) is 3. The summed E-state index contributed by atoms with van der Waals surface area (Å²) in [5.41, 5.74) is 3.08. The molecule has 0 unspecified atom stereocenters. The Labute approximate surface area is 210 Å². The molecule has 30 heavy (non-hydrogen) atoms. The van der Waals surface area contributed by atoms with E-state index in [0.29, 0.717) is 22.8 Å². The molecule has 0 saturated carbocycles. The third kappa shape index (κ3) is 6.50. The normalized spacial score (nSPS) is 9.83. The summed E-state index contributed by atoms with van der Waals surface area (Å²) in [5, 5.41) is 15.8. The van der Waals surface area contributed by atoms with Crippen LogP contribution in [0.4, 0.5) is 0 Å². The Morgan fingerprint density at radius 3 is 2.17 bits per heavy atom. The predicted molar refractivity (Wildman–Crippen MR) is 123 cm³/mol. The van der Waals surface area contributed by atoms with Crippen LogP contribution in [0.15, 0.2) is 53.3 Å². The number of nitrogens with zero attached hydrogens (tertiary/aromatic N) is 2. The van der Waals surface area contributed by atoms with Gasteiger partial charge in [0.25, 0.3) is 5.56 Å². The van der Waals surface area contributed by atoms with E-state index in [2.05, 4.69) is 5.10 Å². The number of aromatic nitrogens is 2. The quantitative estimate of drug-likeness (QED) is 0.431. The fourth-order valence-corrected chi connectivity index (χ4v) is 3.06. The summed E-state index contributed by atoms with van der Waals surface area (Å²) < 4.78 is 1.42. The molecule has 1 radical (unpaired) electrons. The number of aryl methyl sites for hydroxylation is 1. The van der Waals surface area contributed by atoms with Gasteiger partial charge in [0.1, 0.15) is 5.69 Å². The fourth-order valence-electron chi connectivity index (χ4n) is 2.94. The molecule has 6 heteroatoms. The maximum absolute atomic E-state index is 13.1. The van der Waals surface area contributed by atoms with Crippen molar-refractivity contribution in [1.82, 2.24) is 9.78 Å². The van der Waals surface area contributed by atoms with E-state index < -0.39 is 0 Å². The van der Waals surface area contributed by atoms with Crippen LogP contribution in [0.5, 0.6) is 5.75 Å². The van der Waals surface area contributed by atoms with Crippen LogP contribution in [0.3, 0.4) is 0 Å². The van der Waals surface area contributed by atoms with Gasteiger partial charge in [-0.15, -0.1) is 0 Å². The second kappa shape index (κ2) is 13.0. The summed E-state index contributed by atoms with van der Waals surface area (Å²) in [6.07, 6.45) is 0. The third-order valence-electron chi connectivity index (χ3n) is 4.36. The third-order valence-corrected chi connectivity index (χ3v) is 4.62. The zero-order valence-electron chi connectivity index (χ0n) is 18.6. The first kappa shape index (κ1) is 28.5. The van der Waals surface area contributed by atoms with Gasteiger partial charge >= 0.3 is 0 Å². The van der Waals surface area contributed by atoms with Gasteiger partial charge in [-0.05, 0) is 35.7 Å². The Kier molecular flexibility index (Phi) is 12.4. The maximum Gasteiger partial charge on any atom is 0.278 e. The van der Waals surface area contributed by atoms with Gasteiger partial charge in [-0.2, -0.15) is 5.10 Å². The number of rotatable bonds is 4. The van der Waals surface area contributed by atoms with Crippen molar-refractivity contribution in [1.29, 1.82) is 0 Å². The first-order chi connectivity index (χ1) is 13.4. The van der Waals surface area contributed by atoms with Crippen LogP contribution >= 0.6 is 11.6 Å². The Balaban J connectivity index is 0.00000204. The summed E-state index contributed by atoms with van der Waals surface area (Å²) >= 11 is 5.94.